The van der Waals surface area contributed by atoms with Gasteiger partial charge in [-0.05, 0) is 48.2 Å². The number of nitrogens with two attached hydrogens (primary N) is 1. The maximum Gasteiger partial charge on any atom is 0.142 e. The fourth-order valence-electron chi connectivity index (χ4n) is 4.18. The van der Waals surface area contributed by atoms with E-state index in [1.165, 1.54) is 5.56 Å². The molecule has 0 fully saturated rings. The molecule has 150 valence electrons. The van der Waals surface area contributed by atoms with Crippen LogP contribution in [0.5, 0.6) is 5.75 Å². The van der Waals surface area contributed by atoms with Gasteiger partial charge in [-0.25, -0.2) is 0 Å². The van der Waals surface area contributed by atoms with Crippen LogP contribution in [-0.4, -0.2) is 23.1 Å². The van der Waals surface area contributed by atoms with E-state index in [1.807, 2.05) is 60.7 Å². The maximum absolute atomic E-state index is 11.1. The minimum atomic E-state index is -0.557. The van der Waals surface area contributed by atoms with Crippen molar-refractivity contribution in [3.63, 3.8) is 0 Å². The normalized spacial score (nSPS) is 18.4. The Morgan fingerprint density at radius 2 is 1.62 bits per heavy atom. The van der Waals surface area contributed by atoms with Crippen LogP contribution in [0.3, 0.4) is 0 Å². The lowest BCUT2D eigenvalue weighted by molar-refractivity contribution is 0.0463. The molecule has 0 unspecified atom stereocenters. The Labute approximate surface area is 172 Å². The van der Waals surface area contributed by atoms with E-state index in [4.69, 9.17) is 10.5 Å². The van der Waals surface area contributed by atoms with Gasteiger partial charge >= 0.3 is 0 Å². The predicted octanol–water partition coefficient (Wildman–Crippen LogP) is 4.33. The summed E-state index contributed by atoms with van der Waals surface area (Å²) < 4.78 is 5.96. The Morgan fingerprint density at radius 3 is 2.31 bits per heavy atom. The number of nitrogens with zero attached hydrogens (tertiary/aromatic N) is 1. The molecule has 0 amide bonds. The van der Waals surface area contributed by atoms with E-state index in [0.29, 0.717) is 18.0 Å². The summed E-state index contributed by atoms with van der Waals surface area (Å²) in [6, 6.07) is 24.3. The number of hydrogen-bond donors (Lipinski definition) is 2. The molecule has 1 aliphatic rings. The second-order valence-corrected chi connectivity index (χ2v) is 7.77. The van der Waals surface area contributed by atoms with E-state index in [-0.39, 0.29) is 6.04 Å². The van der Waals surface area contributed by atoms with Gasteiger partial charge in [-0.1, -0.05) is 66.7 Å². The Bertz CT molecular complexity index is 944. The summed E-state index contributed by atoms with van der Waals surface area (Å²) in [5.74, 6) is 0.691. The molecule has 0 saturated carbocycles. The summed E-state index contributed by atoms with van der Waals surface area (Å²) in [7, 11) is 2.08. The first-order valence-corrected chi connectivity index (χ1v) is 10.1. The molecule has 3 aromatic carbocycles. The second kappa shape index (κ2) is 8.68. The third-order valence-electron chi connectivity index (χ3n) is 5.80. The van der Waals surface area contributed by atoms with Crippen molar-refractivity contribution in [2.45, 2.75) is 38.1 Å². The molecule has 4 nitrogen and oxygen atoms in total. The van der Waals surface area contributed by atoms with Crippen molar-refractivity contribution >= 4 is 5.69 Å². The van der Waals surface area contributed by atoms with E-state index in [0.717, 1.165) is 36.1 Å². The lowest BCUT2D eigenvalue weighted by Gasteiger charge is -2.37. The number of hydrogen-bond acceptors (Lipinski definition) is 4. The molecule has 0 aromatic heterocycles. The smallest absolute Gasteiger partial charge is 0.142 e. The first-order chi connectivity index (χ1) is 14.1. The molecular weight excluding hydrogens is 360 g/mol. The van der Waals surface area contributed by atoms with Gasteiger partial charge in [-0.2, -0.15) is 0 Å². The summed E-state index contributed by atoms with van der Waals surface area (Å²) in [5, 5.41) is 11.1. The van der Waals surface area contributed by atoms with Crippen LogP contribution < -0.4 is 10.5 Å². The van der Waals surface area contributed by atoms with Crippen molar-refractivity contribution in [2.75, 3.05) is 12.8 Å². The van der Waals surface area contributed by atoms with Gasteiger partial charge in [0.05, 0.1) is 11.8 Å². The highest BCUT2D eigenvalue weighted by atomic mass is 16.5. The van der Waals surface area contributed by atoms with Crippen molar-refractivity contribution in [3.8, 4) is 5.75 Å². The van der Waals surface area contributed by atoms with E-state index in [2.05, 4.69) is 24.1 Å². The SMILES string of the molecule is CN(Cc1ccccc1)[C@H]1CCc2c(ccc(OCc3ccccc3)c2N)[C@H]1O. The largest absolute Gasteiger partial charge is 0.487 e. The maximum atomic E-state index is 11.1. The van der Waals surface area contributed by atoms with Crippen molar-refractivity contribution in [1.29, 1.82) is 0 Å². The van der Waals surface area contributed by atoms with Crippen LogP contribution in [-0.2, 0) is 19.6 Å². The Hall–Kier alpha value is -2.82. The summed E-state index contributed by atoms with van der Waals surface area (Å²) >= 11 is 0. The Kier molecular flexibility index (Phi) is 5.84. The van der Waals surface area contributed by atoms with E-state index < -0.39 is 6.10 Å². The van der Waals surface area contributed by atoms with Gasteiger partial charge in [0.25, 0.3) is 0 Å². The van der Waals surface area contributed by atoms with Crippen molar-refractivity contribution in [2.24, 2.45) is 0 Å². The first-order valence-electron chi connectivity index (χ1n) is 10.1. The zero-order valence-electron chi connectivity index (χ0n) is 16.8. The van der Waals surface area contributed by atoms with Gasteiger partial charge in [0, 0.05) is 12.6 Å². The minimum Gasteiger partial charge on any atom is -0.487 e. The topological polar surface area (TPSA) is 58.7 Å². The highest BCUT2D eigenvalue weighted by molar-refractivity contribution is 5.62. The van der Waals surface area contributed by atoms with E-state index >= 15 is 0 Å². The highest BCUT2D eigenvalue weighted by Crippen LogP contribution is 2.39. The first kappa shape index (κ1) is 19.5. The molecule has 0 saturated heterocycles. The van der Waals surface area contributed by atoms with Gasteiger partial charge in [0.2, 0.25) is 0 Å². The van der Waals surface area contributed by atoms with Crippen molar-refractivity contribution in [3.05, 3.63) is 95.1 Å². The summed E-state index contributed by atoms with van der Waals surface area (Å²) in [6.45, 7) is 1.29. The summed E-state index contributed by atoms with van der Waals surface area (Å²) in [6.07, 6.45) is 1.15. The van der Waals surface area contributed by atoms with Gasteiger partial charge < -0.3 is 15.6 Å². The quantitative estimate of drug-likeness (QED) is 0.617. The lowest BCUT2D eigenvalue weighted by atomic mass is 9.84. The molecule has 3 N–H and O–H groups in total. The molecule has 4 rings (SSSR count). The van der Waals surface area contributed by atoms with Gasteiger partial charge in [0.15, 0.2) is 0 Å². The fraction of sp³-hybridized carbons (Fsp3) is 0.280. The molecule has 0 heterocycles. The zero-order chi connectivity index (χ0) is 20.2. The molecular formula is C25H28N2O2. The highest BCUT2D eigenvalue weighted by Gasteiger charge is 2.32. The molecule has 2 atom stereocenters. The molecule has 0 aliphatic heterocycles. The number of aliphatic hydroxyl groups is 1. The number of ether oxygens (including phenoxy) is 1. The minimum absolute atomic E-state index is 0.0678. The predicted molar refractivity (Wildman–Crippen MR) is 117 cm³/mol. The zero-order valence-corrected chi connectivity index (χ0v) is 16.8. The number of nitrogen functional groups attached to an aromatic ring is 1. The van der Waals surface area contributed by atoms with Crippen LogP contribution >= 0.6 is 0 Å². The third kappa shape index (κ3) is 4.29. The van der Waals surface area contributed by atoms with Crippen LogP contribution in [0.4, 0.5) is 5.69 Å². The average Bonchev–Trinajstić information content (AvgIpc) is 2.75. The van der Waals surface area contributed by atoms with Crippen LogP contribution in [0.25, 0.3) is 0 Å². The summed E-state index contributed by atoms with van der Waals surface area (Å²) in [5.41, 5.74) is 11.4. The van der Waals surface area contributed by atoms with Crippen LogP contribution in [0.15, 0.2) is 72.8 Å². The number of likely N-dealkylation sites (N-methyl/N-ethyl adjacent to an activating group) is 1. The number of fused-ring (bicyclic) bond motifs is 1. The van der Waals surface area contributed by atoms with Crippen molar-refractivity contribution in [1.82, 2.24) is 4.90 Å². The third-order valence-corrected chi connectivity index (χ3v) is 5.80. The average molecular weight is 389 g/mol. The molecule has 1 aliphatic carbocycles. The van der Waals surface area contributed by atoms with Crippen LogP contribution in [0.1, 0.15) is 34.8 Å². The van der Waals surface area contributed by atoms with Crippen LogP contribution in [0.2, 0.25) is 0 Å². The number of aliphatic hydroxyl groups excluding tert-OH is 1. The molecule has 29 heavy (non-hydrogen) atoms. The molecule has 3 aromatic rings. The lowest BCUT2D eigenvalue weighted by Crippen LogP contribution is -2.39. The fourth-order valence-corrected chi connectivity index (χ4v) is 4.18. The van der Waals surface area contributed by atoms with E-state index in [9.17, 15) is 5.11 Å². The van der Waals surface area contributed by atoms with E-state index in [1.54, 1.807) is 0 Å². The molecule has 0 bridgehead atoms. The monoisotopic (exact) mass is 388 g/mol. The Morgan fingerprint density at radius 1 is 0.966 bits per heavy atom. The molecule has 0 spiro atoms. The second-order valence-electron chi connectivity index (χ2n) is 7.77. The number of benzene rings is 3. The number of rotatable bonds is 6. The van der Waals surface area contributed by atoms with Crippen molar-refractivity contribution < 1.29 is 9.84 Å². The summed E-state index contributed by atoms with van der Waals surface area (Å²) in [4.78, 5) is 2.24. The standard InChI is InChI=1S/C25H28N2O2/c1-27(16-18-8-4-2-5-9-18)22-14-12-20-21(25(22)28)13-15-23(24(20)26)29-17-19-10-6-3-7-11-19/h2-11,13,15,22,25,28H,12,14,16-17,26H2,1H3/t22-,25+/m0/s1. The molecule has 4 heteroatoms. The van der Waals surface area contributed by atoms with Gasteiger partial charge in [-0.3, -0.25) is 4.90 Å². The van der Waals surface area contributed by atoms with Gasteiger partial charge in [0.1, 0.15) is 12.4 Å². The van der Waals surface area contributed by atoms with Crippen LogP contribution in [0, 0.1) is 0 Å². The Balaban J connectivity index is 1.48. The van der Waals surface area contributed by atoms with Gasteiger partial charge in [-0.15, -0.1) is 0 Å². The molecule has 0 radical (unpaired) electrons. The number of anilines is 1.